The summed E-state index contributed by atoms with van der Waals surface area (Å²) in [5, 5.41) is 20.7. The topological polar surface area (TPSA) is 78.5 Å². The van der Waals surface area contributed by atoms with E-state index in [9.17, 15) is 0 Å². The third kappa shape index (κ3) is 2.90. The molecular weight excluding hydrogens is 180 g/mol. The lowest BCUT2D eigenvalue weighted by atomic mass is 10.2. The predicted octanol–water partition coefficient (Wildman–Crippen LogP) is 0.342. The molecule has 0 spiro atoms. The number of benzene rings is 1. The third-order valence-electron chi connectivity index (χ3n) is 1.91. The minimum absolute atomic E-state index is 0.107. The van der Waals surface area contributed by atoms with E-state index in [1.807, 2.05) is 19.1 Å². The molecule has 0 amide bonds. The number of aliphatic hydroxyl groups is 2. The number of nitrogens with one attached hydrogen (secondary N) is 1. The highest BCUT2D eigenvalue weighted by Gasteiger charge is 2.05. The Hall–Kier alpha value is -1.26. The van der Waals surface area contributed by atoms with Crippen LogP contribution in [0.25, 0.3) is 0 Å². The summed E-state index contributed by atoms with van der Waals surface area (Å²) in [5.41, 5.74) is 8.18. The molecule has 0 aliphatic carbocycles. The van der Waals surface area contributed by atoms with Crippen molar-refractivity contribution in [1.82, 2.24) is 0 Å². The van der Waals surface area contributed by atoms with Gasteiger partial charge in [-0.15, -0.1) is 0 Å². The van der Waals surface area contributed by atoms with Gasteiger partial charge in [0, 0.05) is 11.4 Å². The number of nitrogens with two attached hydrogens (primary N) is 1. The summed E-state index contributed by atoms with van der Waals surface area (Å²) in [6, 6.07) is 5.20. The van der Waals surface area contributed by atoms with Crippen LogP contribution in [0.5, 0.6) is 0 Å². The average molecular weight is 196 g/mol. The van der Waals surface area contributed by atoms with Crippen molar-refractivity contribution in [3.05, 3.63) is 23.8 Å². The molecule has 0 aliphatic heterocycles. The lowest BCUT2D eigenvalue weighted by molar-refractivity contribution is 0.204. The molecule has 0 radical (unpaired) electrons. The Morgan fingerprint density at radius 2 is 1.93 bits per heavy atom. The van der Waals surface area contributed by atoms with Crippen LogP contribution in [0.2, 0.25) is 0 Å². The number of hydrogen-bond donors (Lipinski definition) is 4. The molecule has 78 valence electrons. The van der Waals surface area contributed by atoms with Crippen LogP contribution in [-0.4, -0.2) is 29.5 Å². The van der Waals surface area contributed by atoms with Gasteiger partial charge in [0.05, 0.1) is 19.3 Å². The number of aliphatic hydroxyl groups excluding tert-OH is 2. The van der Waals surface area contributed by atoms with Crippen LogP contribution in [0.15, 0.2) is 18.2 Å². The zero-order chi connectivity index (χ0) is 10.6. The molecule has 0 atom stereocenters. The minimum Gasteiger partial charge on any atom is -0.399 e. The second-order valence-electron chi connectivity index (χ2n) is 3.34. The highest BCUT2D eigenvalue weighted by Crippen LogP contribution is 2.16. The molecule has 0 unspecified atom stereocenters. The first-order chi connectivity index (χ1) is 6.65. The van der Waals surface area contributed by atoms with Crippen molar-refractivity contribution in [3.8, 4) is 0 Å². The summed E-state index contributed by atoms with van der Waals surface area (Å²) in [6.45, 7) is 1.73. The predicted molar refractivity (Wildman–Crippen MR) is 57.2 cm³/mol. The summed E-state index contributed by atoms with van der Waals surface area (Å²) in [4.78, 5) is 0. The Morgan fingerprint density at radius 1 is 1.29 bits per heavy atom. The Kier molecular flexibility index (Phi) is 3.73. The van der Waals surface area contributed by atoms with Gasteiger partial charge in [-0.05, 0) is 30.7 Å². The van der Waals surface area contributed by atoms with Gasteiger partial charge < -0.3 is 21.3 Å². The summed E-state index contributed by atoms with van der Waals surface area (Å²) < 4.78 is 0. The van der Waals surface area contributed by atoms with Crippen LogP contribution in [0.3, 0.4) is 0 Å². The van der Waals surface area contributed by atoms with Crippen molar-refractivity contribution >= 4 is 11.4 Å². The molecule has 0 aromatic heterocycles. The molecule has 1 aromatic rings. The number of hydrogen-bond acceptors (Lipinski definition) is 4. The molecule has 14 heavy (non-hydrogen) atoms. The lowest BCUT2D eigenvalue weighted by Gasteiger charge is -2.15. The van der Waals surface area contributed by atoms with Crippen LogP contribution >= 0.6 is 0 Å². The van der Waals surface area contributed by atoms with E-state index in [0.717, 1.165) is 11.3 Å². The Morgan fingerprint density at radius 3 is 2.43 bits per heavy atom. The summed E-state index contributed by atoms with van der Waals surface area (Å²) in [7, 11) is 0. The van der Waals surface area contributed by atoms with E-state index >= 15 is 0 Å². The van der Waals surface area contributed by atoms with Crippen molar-refractivity contribution < 1.29 is 10.2 Å². The summed E-state index contributed by atoms with van der Waals surface area (Å²) in [5.74, 6) is 0. The van der Waals surface area contributed by atoms with E-state index in [4.69, 9.17) is 15.9 Å². The highest BCUT2D eigenvalue weighted by molar-refractivity contribution is 5.57. The van der Waals surface area contributed by atoms with Crippen LogP contribution < -0.4 is 11.1 Å². The average Bonchev–Trinajstić information content (AvgIpc) is 2.12. The zero-order valence-corrected chi connectivity index (χ0v) is 8.20. The largest absolute Gasteiger partial charge is 0.399 e. The number of rotatable bonds is 4. The van der Waals surface area contributed by atoms with E-state index in [0.29, 0.717) is 5.69 Å². The van der Waals surface area contributed by atoms with Gasteiger partial charge in [0.2, 0.25) is 0 Å². The molecule has 0 heterocycles. The van der Waals surface area contributed by atoms with E-state index in [1.165, 1.54) is 0 Å². The van der Waals surface area contributed by atoms with E-state index in [2.05, 4.69) is 5.32 Å². The Labute approximate surface area is 83.4 Å². The van der Waals surface area contributed by atoms with Crippen molar-refractivity contribution in [2.24, 2.45) is 0 Å². The zero-order valence-electron chi connectivity index (χ0n) is 8.20. The second-order valence-corrected chi connectivity index (χ2v) is 3.34. The second kappa shape index (κ2) is 4.83. The molecule has 0 aliphatic rings. The fraction of sp³-hybridized carbons (Fsp3) is 0.400. The highest BCUT2D eigenvalue weighted by atomic mass is 16.3. The molecule has 0 saturated heterocycles. The first kappa shape index (κ1) is 10.8. The maximum Gasteiger partial charge on any atom is 0.0723 e. The van der Waals surface area contributed by atoms with E-state index in [-0.39, 0.29) is 19.3 Å². The van der Waals surface area contributed by atoms with Gasteiger partial charge in [0.1, 0.15) is 0 Å². The smallest absolute Gasteiger partial charge is 0.0723 e. The van der Waals surface area contributed by atoms with E-state index in [1.54, 1.807) is 6.07 Å². The normalized spacial score (nSPS) is 10.6. The SMILES string of the molecule is Cc1cc(N)cc(NC(CO)CO)c1. The first-order valence-corrected chi connectivity index (χ1v) is 4.51. The monoisotopic (exact) mass is 196 g/mol. The van der Waals surface area contributed by atoms with Gasteiger partial charge in [-0.1, -0.05) is 0 Å². The van der Waals surface area contributed by atoms with Gasteiger partial charge in [0.25, 0.3) is 0 Å². The maximum absolute atomic E-state index is 8.87. The third-order valence-corrected chi connectivity index (χ3v) is 1.91. The van der Waals surface area contributed by atoms with Crippen molar-refractivity contribution in [3.63, 3.8) is 0 Å². The number of nitrogen functional groups attached to an aromatic ring is 1. The molecule has 1 rings (SSSR count). The van der Waals surface area contributed by atoms with Gasteiger partial charge in [-0.2, -0.15) is 0 Å². The molecule has 5 N–H and O–H groups in total. The summed E-state index contributed by atoms with van der Waals surface area (Å²) >= 11 is 0. The molecule has 0 fully saturated rings. The Bertz CT molecular complexity index is 278. The molecule has 0 bridgehead atoms. The molecule has 4 nitrogen and oxygen atoms in total. The van der Waals surface area contributed by atoms with Crippen LogP contribution in [0.4, 0.5) is 11.4 Å². The van der Waals surface area contributed by atoms with Crippen molar-refractivity contribution in [1.29, 1.82) is 0 Å². The quantitative estimate of drug-likeness (QED) is 0.524. The number of aryl methyl sites for hydroxylation is 1. The first-order valence-electron chi connectivity index (χ1n) is 4.51. The van der Waals surface area contributed by atoms with Gasteiger partial charge in [-0.3, -0.25) is 0 Å². The van der Waals surface area contributed by atoms with Crippen LogP contribution in [0, 0.1) is 6.92 Å². The number of anilines is 2. The summed E-state index contributed by atoms with van der Waals surface area (Å²) in [6.07, 6.45) is 0. The van der Waals surface area contributed by atoms with Crippen LogP contribution in [-0.2, 0) is 0 Å². The van der Waals surface area contributed by atoms with E-state index < -0.39 is 0 Å². The van der Waals surface area contributed by atoms with Gasteiger partial charge in [0.15, 0.2) is 0 Å². The van der Waals surface area contributed by atoms with Gasteiger partial charge >= 0.3 is 0 Å². The Balaban J connectivity index is 2.75. The molecule has 0 saturated carbocycles. The van der Waals surface area contributed by atoms with Crippen molar-refractivity contribution in [2.45, 2.75) is 13.0 Å². The fourth-order valence-corrected chi connectivity index (χ4v) is 1.28. The minimum atomic E-state index is -0.337. The maximum atomic E-state index is 8.87. The molecule has 1 aromatic carbocycles. The van der Waals surface area contributed by atoms with Crippen LogP contribution in [0.1, 0.15) is 5.56 Å². The van der Waals surface area contributed by atoms with Crippen molar-refractivity contribution in [2.75, 3.05) is 24.3 Å². The molecular formula is C10H16N2O2. The fourth-order valence-electron chi connectivity index (χ4n) is 1.28. The standard InChI is InChI=1S/C10H16N2O2/c1-7-2-8(11)4-9(3-7)12-10(5-13)6-14/h2-4,10,12-14H,5-6,11H2,1H3. The molecule has 4 heteroatoms. The lowest BCUT2D eigenvalue weighted by Crippen LogP contribution is -2.27. The van der Waals surface area contributed by atoms with Gasteiger partial charge in [-0.25, -0.2) is 0 Å².